The summed E-state index contributed by atoms with van der Waals surface area (Å²) in [5, 5.41) is 9.19. The fourth-order valence-corrected chi connectivity index (χ4v) is 2.53. The van der Waals surface area contributed by atoms with Gasteiger partial charge in [-0.3, -0.25) is 0 Å². The molecule has 1 saturated heterocycles. The fourth-order valence-electron chi connectivity index (χ4n) is 1.38. The lowest BCUT2D eigenvalue weighted by atomic mass is 10.2. The molecule has 0 aromatic heterocycles. The summed E-state index contributed by atoms with van der Waals surface area (Å²) in [5.41, 5.74) is 0.500. The van der Waals surface area contributed by atoms with Crippen molar-refractivity contribution in [3.8, 4) is 0 Å². The molecule has 0 spiro atoms. The average molecular weight is 244 g/mol. The van der Waals surface area contributed by atoms with Gasteiger partial charge in [-0.1, -0.05) is 0 Å². The van der Waals surface area contributed by atoms with Crippen LogP contribution in [0.15, 0.2) is 11.8 Å². The SMILES string of the molecule is Cl.Cl.O=C(O)C1=CCSC2CCN12. The smallest absolute Gasteiger partial charge is 0.351 e. The monoisotopic (exact) mass is 243 g/mol. The number of fused-ring (bicyclic) bond motifs is 1. The summed E-state index contributed by atoms with van der Waals surface area (Å²) in [6, 6.07) is 0. The van der Waals surface area contributed by atoms with Gasteiger partial charge in [0.1, 0.15) is 5.70 Å². The Bertz CT molecular complexity index is 235. The Morgan fingerprint density at radius 2 is 2.31 bits per heavy atom. The number of thioether (sulfide) groups is 1. The van der Waals surface area contributed by atoms with E-state index in [4.69, 9.17) is 5.11 Å². The molecule has 0 aliphatic carbocycles. The summed E-state index contributed by atoms with van der Waals surface area (Å²) in [6.07, 6.45) is 2.93. The van der Waals surface area contributed by atoms with Crippen molar-refractivity contribution >= 4 is 42.5 Å². The molecular formula is C7H11Cl2NO2S. The van der Waals surface area contributed by atoms with Crippen molar-refractivity contribution in [2.24, 2.45) is 0 Å². The Morgan fingerprint density at radius 1 is 1.62 bits per heavy atom. The molecule has 0 aromatic rings. The maximum absolute atomic E-state index is 10.6. The second-order valence-corrected chi connectivity index (χ2v) is 3.88. The normalized spacial score (nSPS) is 24.2. The molecule has 3 nitrogen and oxygen atoms in total. The Morgan fingerprint density at radius 3 is 2.69 bits per heavy atom. The van der Waals surface area contributed by atoms with E-state index in [2.05, 4.69) is 0 Å². The van der Waals surface area contributed by atoms with Crippen molar-refractivity contribution in [2.45, 2.75) is 11.8 Å². The molecule has 2 aliphatic rings. The van der Waals surface area contributed by atoms with Gasteiger partial charge in [0, 0.05) is 12.3 Å². The molecular weight excluding hydrogens is 233 g/mol. The fraction of sp³-hybridized carbons (Fsp3) is 0.571. The second kappa shape index (κ2) is 4.98. The summed E-state index contributed by atoms with van der Waals surface area (Å²) in [6.45, 7) is 0.913. The van der Waals surface area contributed by atoms with Gasteiger partial charge in [0.05, 0.1) is 5.37 Å². The predicted molar refractivity (Wildman–Crippen MR) is 57.8 cm³/mol. The zero-order valence-corrected chi connectivity index (χ0v) is 9.25. The largest absolute Gasteiger partial charge is 0.477 e. The number of hydrogen-bond acceptors (Lipinski definition) is 3. The number of carboxylic acid groups (broad SMARTS) is 1. The lowest BCUT2D eigenvalue weighted by Crippen LogP contribution is -2.48. The van der Waals surface area contributed by atoms with Crippen LogP contribution in [0.2, 0.25) is 0 Å². The Balaban J connectivity index is 0.000000720. The van der Waals surface area contributed by atoms with Crippen molar-refractivity contribution in [3.63, 3.8) is 0 Å². The molecule has 6 heteroatoms. The van der Waals surface area contributed by atoms with Crippen molar-refractivity contribution in [1.29, 1.82) is 0 Å². The van der Waals surface area contributed by atoms with Gasteiger partial charge in [0.25, 0.3) is 0 Å². The van der Waals surface area contributed by atoms with E-state index in [9.17, 15) is 4.79 Å². The highest BCUT2D eigenvalue weighted by Crippen LogP contribution is 2.35. The first-order valence-electron chi connectivity index (χ1n) is 3.61. The number of rotatable bonds is 1. The Hall–Kier alpha value is -0.0600. The number of nitrogens with zero attached hydrogens (tertiary/aromatic N) is 1. The van der Waals surface area contributed by atoms with Crippen molar-refractivity contribution < 1.29 is 9.90 Å². The first-order chi connectivity index (χ1) is 5.29. The average Bonchev–Trinajstić information content (AvgIpc) is 1.90. The molecule has 2 aliphatic heterocycles. The molecule has 0 saturated carbocycles. The van der Waals surface area contributed by atoms with E-state index >= 15 is 0 Å². The van der Waals surface area contributed by atoms with E-state index in [1.165, 1.54) is 0 Å². The van der Waals surface area contributed by atoms with Crippen molar-refractivity contribution in [3.05, 3.63) is 11.8 Å². The molecule has 0 radical (unpaired) electrons. The highest BCUT2D eigenvalue weighted by molar-refractivity contribution is 8.00. The third kappa shape index (κ3) is 2.24. The minimum atomic E-state index is -0.782. The Labute approximate surface area is 93.4 Å². The zero-order valence-electron chi connectivity index (χ0n) is 6.80. The topological polar surface area (TPSA) is 40.5 Å². The van der Waals surface area contributed by atoms with E-state index in [-0.39, 0.29) is 24.8 Å². The summed E-state index contributed by atoms with van der Waals surface area (Å²) in [4.78, 5) is 12.6. The van der Waals surface area contributed by atoms with Crippen LogP contribution in [0.1, 0.15) is 6.42 Å². The van der Waals surface area contributed by atoms with Crippen LogP contribution in [-0.2, 0) is 4.79 Å². The molecule has 13 heavy (non-hydrogen) atoms. The van der Waals surface area contributed by atoms with E-state index < -0.39 is 5.97 Å². The summed E-state index contributed by atoms with van der Waals surface area (Å²) in [5.74, 6) is 0.0676. The standard InChI is InChI=1S/C7H9NO2S.2ClH/c9-7(10)5-2-4-11-6-1-3-8(5)6;;/h2,6H,1,3-4H2,(H,9,10);2*1H. The third-order valence-corrected chi connectivity index (χ3v) is 3.29. The summed E-state index contributed by atoms with van der Waals surface area (Å²) in [7, 11) is 0. The number of aliphatic carboxylic acids is 1. The number of carboxylic acids is 1. The molecule has 0 bridgehead atoms. The van der Waals surface area contributed by atoms with Crippen LogP contribution >= 0.6 is 36.6 Å². The number of halogens is 2. The molecule has 1 unspecified atom stereocenters. The molecule has 0 amide bonds. The number of carbonyl (C=O) groups is 1. The molecule has 1 fully saturated rings. The lowest BCUT2D eigenvalue weighted by molar-refractivity contribution is -0.135. The van der Waals surface area contributed by atoms with E-state index in [1.807, 2.05) is 16.7 Å². The zero-order chi connectivity index (χ0) is 7.84. The van der Waals surface area contributed by atoms with Gasteiger partial charge in [0.2, 0.25) is 0 Å². The van der Waals surface area contributed by atoms with Crippen LogP contribution < -0.4 is 0 Å². The first kappa shape index (κ1) is 12.9. The molecule has 2 heterocycles. The minimum absolute atomic E-state index is 0. The lowest BCUT2D eigenvalue weighted by Gasteiger charge is -2.44. The van der Waals surface area contributed by atoms with Gasteiger partial charge >= 0.3 is 5.97 Å². The Kier molecular flexibility index (Phi) is 4.96. The van der Waals surface area contributed by atoms with Gasteiger partial charge in [-0.25, -0.2) is 4.79 Å². The number of hydrogen-bond donors (Lipinski definition) is 1. The second-order valence-electron chi connectivity index (χ2n) is 2.66. The van der Waals surface area contributed by atoms with E-state index in [1.54, 1.807) is 6.08 Å². The quantitative estimate of drug-likeness (QED) is 0.760. The van der Waals surface area contributed by atoms with Crippen LogP contribution in [0.25, 0.3) is 0 Å². The van der Waals surface area contributed by atoms with Gasteiger partial charge in [-0.15, -0.1) is 36.6 Å². The summed E-state index contributed by atoms with van der Waals surface area (Å²) >= 11 is 1.82. The third-order valence-electron chi connectivity index (χ3n) is 2.06. The molecule has 1 atom stereocenters. The minimum Gasteiger partial charge on any atom is -0.477 e. The highest BCUT2D eigenvalue weighted by atomic mass is 35.5. The van der Waals surface area contributed by atoms with E-state index in [0.29, 0.717) is 11.1 Å². The van der Waals surface area contributed by atoms with Crippen LogP contribution in [-0.4, -0.2) is 33.6 Å². The van der Waals surface area contributed by atoms with Crippen LogP contribution in [0.5, 0.6) is 0 Å². The molecule has 76 valence electrons. The van der Waals surface area contributed by atoms with Crippen molar-refractivity contribution in [1.82, 2.24) is 4.90 Å². The van der Waals surface area contributed by atoms with Crippen LogP contribution in [0.3, 0.4) is 0 Å². The highest BCUT2D eigenvalue weighted by Gasteiger charge is 2.34. The van der Waals surface area contributed by atoms with Crippen LogP contribution in [0.4, 0.5) is 0 Å². The molecule has 0 aromatic carbocycles. The van der Waals surface area contributed by atoms with Gasteiger partial charge in [-0.2, -0.15) is 0 Å². The van der Waals surface area contributed by atoms with E-state index in [0.717, 1.165) is 18.7 Å². The molecule has 1 N–H and O–H groups in total. The van der Waals surface area contributed by atoms with Gasteiger partial charge < -0.3 is 10.0 Å². The maximum Gasteiger partial charge on any atom is 0.351 e. The maximum atomic E-state index is 10.6. The first-order valence-corrected chi connectivity index (χ1v) is 4.65. The summed E-state index contributed by atoms with van der Waals surface area (Å²) < 4.78 is 0. The van der Waals surface area contributed by atoms with Gasteiger partial charge in [-0.05, 0) is 12.5 Å². The molecule has 2 rings (SSSR count). The predicted octanol–water partition coefficient (Wildman–Crippen LogP) is 1.58. The van der Waals surface area contributed by atoms with Crippen molar-refractivity contribution in [2.75, 3.05) is 12.3 Å². The van der Waals surface area contributed by atoms with Crippen LogP contribution in [0, 0.1) is 0 Å². The van der Waals surface area contributed by atoms with Gasteiger partial charge in [0.15, 0.2) is 0 Å².